The molecule has 0 saturated heterocycles. The van der Waals surface area contributed by atoms with Crippen molar-refractivity contribution in [1.82, 2.24) is 0 Å². The van der Waals surface area contributed by atoms with E-state index in [1.54, 1.807) is 0 Å². The first-order valence-corrected chi connectivity index (χ1v) is 6.64. The third-order valence-electron chi connectivity index (χ3n) is 3.00. The molecule has 2 aromatic rings. The van der Waals surface area contributed by atoms with Crippen LogP contribution in [-0.4, -0.2) is 5.11 Å². The number of aliphatic hydroxyl groups excluding tert-OH is 1. The number of hydrogen-bond donors (Lipinski definition) is 1. The highest BCUT2D eigenvalue weighted by atomic mass is 79.9. The topological polar surface area (TPSA) is 20.2 Å². The normalized spacial score (nSPS) is 12.5. The lowest BCUT2D eigenvalue weighted by Crippen LogP contribution is -2.04. The number of rotatable bonds is 3. The first-order valence-electron chi connectivity index (χ1n) is 5.85. The molecule has 0 radical (unpaired) electrons. The molecule has 0 aromatic heterocycles. The van der Waals surface area contributed by atoms with Crippen molar-refractivity contribution in [2.45, 2.75) is 19.4 Å². The lowest BCUT2D eigenvalue weighted by molar-refractivity contribution is 0.177. The third-order valence-corrected chi connectivity index (χ3v) is 3.50. The van der Waals surface area contributed by atoms with E-state index in [2.05, 4.69) is 15.9 Å². The Bertz CT molecular complexity index is 599. The summed E-state index contributed by atoms with van der Waals surface area (Å²) in [4.78, 5) is 0. The zero-order chi connectivity index (χ0) is 14.0. The summed E-state index contributed by atoms with van der Waals surface area (Å²) < 4.78 is 26.9. The van der Waals surface area contributed by atoms with Gasteiger partial charge >= 0.3 is 0 Å². The van der Waals surface area contributed by atoms with Crippen LogP contribution >= 0.6 is 15.9 Å². The molecule has 2 aromatic carbocycles. The molecular weight excluding hydrogens is 314 g/mol. The molecule has 1 unspecified atom stereocenters. The van der Waals surface area contributed by atoms with Crippen LogP contribution in [-0.2, 0) is 6.42 Å². The average molecular weight is 327 g/mol. The quantitative estimate of drug-likeness (QED) is 0.891. The van der Waals surface area contributed by atoms with E-state index in [4.69, 9.17) is 0 Å². The second-order valence-corrected chi connectivity index (χ2v) is 5.38. The molecule has 0 heterocycles. The van der Waals surface area contributed by atoms with Gasteiger partial charge in [-0.3, -0.25) is 0 Å². The number of aryl methyl sites for hydroxylation is 1. The van der Waals surface area contributed by atoms with Crippen molar-refractivity contribution >= 4 is 15.9 Å². The zero-order valence-electron chi connectivity index (χ0n) is 10.3. The molecule has 4 heteroatoms. The molecule has 0 spiro atoms. The molecule has 19 heavy (non-hydrogen) atoms. The average Bonchev–Trinajstić information content (AvgIpc) is 2.33. The van der Waals surface area contributed by atoms with Gasteiger partial charge in [0.25, 0.3) is 0 Å². The van der Waals surface area contributed by atoms with Gasteiger partial charge in [0, 0.05) is 10.9 Å². The molecule has 0 aliphatic heterocycles. The summed E-state index contributed by atoms with van der Waals surface area (Å²) in [6.07, 6.45) is -0.488. The van der Waals surface area contributed by atoms with E-state index in [1.807, 2.05) is 25.1 Å². The Morgan fingerprint density at radius 2 is 1.84 bits per heavy atom. The number of hydrogen-bond acceptors (Lipinski definition) is 1. The summed E-state index contributed by atoms with van der Waals surface area (Å²) in [5.74, 6) is -1.77. The molecule has 1 nitrogen and oxygen atoms in total. The van der Waals surface area contributed by atoms with Gasteiger partial charge < -0.3 is 5.11 Å². The second-order valence-electron chi connectivity index (χ2n) is 4.47. The van der Waals surface area contributed by atoms with Gasteiger partial charge in [0.1, 0.15) is 0 Å². The van der Waals surface area contributed by atoms with Crippen molar-refractivity contribution in [2.75, 3.05) is 0 Å². The van der Waals surface area contributed by atoms with E-state index in [1.165, 1.54) is 6.07 Å². The Balaban J connectivity index is 2.20. The summed E-state index contributed by atoms with van der Waals surface area (Å²) in [5, 5.41) is 10.2. The maximum absolute atomic E-state index is 13.1. The Morgan fingerprint density at radius 1 is 1.11 bits per heavy atom. The van der Waals surface area contributed by atoms with Crippen molar-refractivity contribution in [3.05, 3.63) is 69.2 Å². The Labute approximate surface area is 119 Å². The van der Waals surface area contributed by atoms with Crippen LogP contribution in [0, 0.1) is 18.6 Å². The predicted octanol–water partition coefficient (Wildman–Crippen LogP) is 4.31. The molecule has 0 fully saturated rings. The van der Waals surface area contributed by atoms with Crippen molar-refractivity contribution in [3.8, 4) is 0 Å². The van der Waals surface area contributed by atoms with E-state index in [0.29, 0.717) is 5.56 Å². The highest BCUT2D eigenvalue weighted by Gasteiger charge is 2.12. The summed E-state index contributed by atoms with van der Waals surface area (Å²) >= 11 is 3.36. The van der Waals surface area contributed by atoms with Gasteiger partial charge in [-0.1, -0.05) is 28.1 Å². The molecule has 1 N–H and O–H groups in total. The van der Waals surface area contributed by atoms with Crippen LogP contribution in [0.4, 0.5) is 8.78 Å². The molecule has 0 saturated carbocycles. The summed E-state index contributed by atoms with van der Waals surface area (Å²) in [5.41, 5.74) is 2.30. The molecule has 0 amide bonds. The van der Waals surface area contributed by atoms with E-state index in [9.17, 15) is 13.9 Å². The number of halogens is 3. The minimum atomic E-state index is -0.891. The largest absolute Gasteiger partial charge is 0.388 e. The van der Waals surface area contributed by atoms with Crippen molar-refractivity contribution in [3.63, 3.8) is 0 Å². The van der Waals surface area contributed by atoms with Crippen LogP contribution in [0.3, 0.4) is 0 Å². The Morgan fingerprint density at radius 3 is 2.47 bits per heavy atom. The van der Waals surface area contributed by atoms with E-state index >= 15 is 0 Å². The second kappa shape index (κ2) is 5.80. The minimum absolute atomic E-state index is 0.250. The van der Waals surface area contributed by atoms with Crippen LogP contribution in [0.1, 0.15) is 22.8 Å². The van der Waals surface area contributed by atoms with Crippen LogP contribution in [0.5, 0.6) is 0 Å². The van der Waals surface area contributed by atoms with Crippen molar-refractivity contribution in [2.24, 2.45) is 0 Å². The fraction of sp³-hybridized carbons (Fsp3) is 0.200. The minimum Gasteiger partial charge on any atom is -0.388 e. The summed E-state index contributed by atoms with van der Waals surface area (Å²) in [7, 11) is 0. The third kappa shape index (κ3) is 3.39. The van der Waals surface area contributed by atoms with Gasteiger partial charge in [-0.25, -0.2) is 8.78 Å². The van der Waals surface area contributed by atoms with Gasteiger partial charge in [0.05, 0.1) is 6.10 Å². The molecular formula is C15H13BrF2O. The number of aliphatic hydroxyl groups is 1. The van der Waals surface area contributed by atoms with Gasteiger partial charge in [-0.05, 0) is 47.9 Å². The molecule has 0 aliphatic carbocycles. The fourth-order valence-corrected chi connectivity index (χ4v) is 2.49. The summed E-state index contributed by atoms with van der Waals surface area (Å²) in [6, 6.07) is 9.25. The standard InChI is InChI=1S/C15H13BrF2O/c1-9-6-11(16)3-4-12(9)15(19)8-10-2-5-13(17)14(18)7-10/h2-7,15,19H,8H2,1H3. The predicted molar refractivity (Wildman–Crippen MR) is 73.9 cm³/mol. The first kappa shape index (κ1) is 14.2. The first-order chi connectivity index (χ1) is 8.97. The molecule has 0 bridgehead atoms. The lowest BCUT2D eigenvalue weighted by Gasteiger charge is -2.14. The SMILES string of the molecule is Cc1cc(Br)ccc1C(O)Cc1ccc(F)c(F)c1. The van der Waals surface area contributed by atoms with E-state index < -0.39 is 17.7 Å². The highest BCUT2D eigenvalue weighted by Crippen LogP contribution is 2.25. The zero-order valence-corrected chi connectivity index (χ0v) is 11.9. The van der Waals surface area contributed by atoms with Crippen LogP contribution in [0.25, 0.3) is 0 Å². The van der Waals surface area contributed by atoms with Gasteiger partial charge in [-0.2, -0.15) is 0 Å². The molecule has 1 atom stereocenters. The Hall–Kier alpha value is -1.26. The van der Waals surface area contributed by atoms with E-state index in [-0.39, 0.29) is 6.42 Å². The molecule has 100 valence electrons. The lowest BCUT2D eigenvalue weighted by atomic mass is 9.98. The molecule has 2 rings (SSSR count). The van der Waals surface area contributed by atoms with Crippen LogP contribution in [0.15, 0.2) is 40.9 Å². The fourth-order valence-electron chi connectivity index (χ4n) is 2.01. The van der Waals surface area contributed by atoms with Gasteiger partial charge in [-0.15, -0.1) is 0 Å². The van der Waals surface area contributed by atoms with E-state index in [0.717, 1.165) is 27.7 Å². The highest BCUT2D eigenvalue weighted by molar-refractivity contribution is 9.10. The van der Waals surface area contributed by atoms with Crippen LogP contribution < -0.4 is 0 Å². The van der Waals surface area contributed by atoms with Gasteiger partial charge in [0.15, 0.2) is 11.6 Å². The molecule has 0 aliphatic rings. The maximum Gasteiger partial charge on any atom is 0.159 e. The summed E-state index contributed by atoms with van der Waals surface area (Å²) in [6.45, 7) is 1.90. The van der Waals surface area contributed by atoms with Crippen molar-refractivity contribution < 1.29 is 13.9 Å². The monoisotopic (exact) mass is 326 g/mol. The van der Waals surface area contributed by atoms with Crippen molar-refractivity contribution in [1.29, 1.82) is 0 Å². The maximum atomic E-state index is 13.1. The van der Waals surface area contributed by atoms with Gasteiger partial charge in [0.2, 0.25) is 0 Å². The number of benzene rings is 2. The smallest absolute Gasteiger partial charge is 0.159 e. The van der Waals surface area contributed by atoms with Crippen LogP contribution in [0.2, 0.25) is 0 Å². The Kier molecular flexibility index (Phi) is 4.32.